The van der Waals surface area contributed by atoms with Crippen LogP contribution in [0.3, 0.4) is 0 Å². The molecule has 4 rings (SSSR count). The number of thioether (sulfide) groups is 1. The van der Waals surface area contributed by atoms with E-state index in [1.54, 1.807) is 12.1 Å². The van der Waals surface area contributed by atoms with E-state index >= 15 is 0 Å². The van der Waals surface area contributed by atoms with Crippen LogP contribution >= 0.6 is 11.8 Å². The molecule has 3 aromatic carbocycles. The number of anilines is 2. The molecule has 150 valence electrons. The number of halogens is 1. The molecule has 0 unspecified atom stereocenters. The molecular formula is C24H19FN2O2S. The van der Waals surface area contributed by atoms with Crippen LogP contribution in [-0.2, 0) is 9.59 Å². The number of rotatable bonds is 5. The SMILES string of the molecule is CN(C)c1cccc(N2C(=O)C(Sc3ccccc3)=C(c3ccc(F)cc3)C2=O)c1. The van der Waals surface area contributed by atoms with Gasteiger partial charge in [-0.1, -0.05) is 48.2 Å². The Bertz CT molecular complexity index is 1140. The van der Waals surface area contributed by atoms with E-state index < -0.39 is 11.7 Å². The lowest BCUT2D eigenvalue weighted by molar-refractivity contribution is -0.119. The van der Waals surface area contributed by atoms with Crippen LogP contribution in [0.2, 0.25) is 0 Å². The van der Waals surface area contributed by atoms with Crippen LogP contribution in [-0.4, -0.2) is 25.9 Å². The maximum absolute atomic E-state index is 13.5. The van der Waals surface area contributed by atoms with E-state index in [0.717, 1.165) is 10.6 Å². The van der Waals surface area contributed by atoms with E-state index in [4.69, 9.17) is 0 Å². The number of amides is 2. The Morgan fingerprint density at radius 3 is 2.20 bits per heavy atom. The molecule has 0 aliphatic carbocycles. The van der Waals surface area contributed by atoms with Crippen molar-refractivity contribution in [2.24, 2.45) is 0 Å². The quantitative estimate of drug-likeness (QED) is 0.549. The number of hydrogen-bond acceptors (Lipinski definition) is 4. The first kappa shape index (κ1) is 19.9. The smallest absolute Gasteiger partial charge is 0.272 e. The van der Waals surface area contributed by atoms with Gasteiger partial charge in [0.25, 0.3) is 11.8 Å². The van der Waals surface area contributed by atoms with Crippen LogP contribution in [0.5, 0.6) is 0 Å². The van der Waals surface area contributed by atoms with Gasteiger partial charge in [-0.25, -0.2) is 9.29 Å². The van der Waals surface area contributed by atoms with Crippen molar-refractivity contribution < 1.29 is 14.0 Å². The van der Waals surface area contributed by atoms with Gasteiger partial charge < -0.3 is 4.90 Å². The molecule has 1 aliphatic rings. The summed E-state index contributed by atoms with van der Waals surface area (Å²) in [6, 6.07) is 22.3. The van der Waals surface area contributed by atoms with Gasteiger partial charge in [0.1, 0.15) is 5.82 Å². The lowest BCUT2D eigenvalue weighted by Gasteiger charge is -2.19. The highest BCUT2D eigenvalue weighted by Crippen LogP contribution is 2.41. The predicted molar refractivity (Wildman–Crippen MR) is 119 cm³/mol. The fourth-order valence-corrected chi connectivity index (χ4v) is 4.24. The van der Waals surface area contributed by atoms with Crippen LogP contribution in [0.4, 0.5) is 15.8 Å². The van der Waals surface area contributed by atoms with Crippen molar-refractivity contribution in [3.63, 3.8) is 0 Å². The van der Waals surface area contributed by atoms with Crippen LogP contribution in [0.15, 0.2) is 88.7 Å². The highest BCUT2D eigenvalue weighted by atomic mass is 32.2. The normalized spacial score (nSPS) is 13.9. The average molecular weight is 418 g/mol. The van der Waals surface area contributed by atoms with E-state index in [1.807, 2.05) is 61.5 Å². The first-order chi connectivity index (χ1) is 14.5. The molecule has 6 heteroatoms. The molecule has 30 heavy (non-hydrogen) atoms. The number of benzene rings is 3. The van der Waals surface area contributed by atoms with Crippen LogP contribution in [0.25, 0.3) is 5.57 Å². The van der Waals surface area contributed by atoms with Crippen LogP contribution < -0.4 is 9.80 Å². The van der Waals surface area contributed by atoms with Crippen molar-refractivity contribution in [3.05, 3.63) is 95.1 Å². The molecule has 2 amide bonds. The Balaban J connectivity index is 1.81. The molecule has 0 bridgehead atoms. The largest absolute Gasteiger partial charge is 0.378 e. The van der Waals surface area contributed by atoms with E-state index in [2.05, 4.69) is 0 Å². The summed E-state index contributed by atoms with van der Waals surface area (Å²) in [5, 5.41) is 0. The summed E-state index contributed by atoms with van der Waals surface area (Å²) in [5.74, 6) is -1.20. The molecule has 0 fully saturated rings. The van der Waals surface area contributed by atoms with Crippen molar-refractivity contribution in [2.45, 2.75) is 4.90 Å². The fourth-order valence-electron chi connectivity index (χ4n) is 3.23. The molecule has 0 radical (unpaired) electrons. The lowest BCUT2D eigenvalue weighted by Crippen LogP contribution is -2.31. The third kappa shape index (κ3) is 3.74. The number of imide groups is 1. The number of hydrogen-bond donors (Lipinski definition) is 0. The van der Waals surface area contributed by atoms with Gasteiger partial charge in [0, 0.05) is 24.7 Å². The van der Waals surface area contributed by atoms with Gasteiger partial charge >= 0.3 is 0 Å². The zero-order valence-corrected chi connectivity index (χ0v) is 17.3. The van der Waals surface area contributed by atoms with Crippen molar-refractivity contribution in [3.8, 4) is 0 Å². The van der Waals surface area contributed by atoms with Gasteiger partial charge in [-0.15, -0.1) is 0 Å². The molecule has 0 N–H and O–H groups in total. The Kier molecular flexibility index (Phi) is 5.42. The molecule has 0 spiro atoms. The minimum Gasteiger partial charge on any atom is -0.378 e. The minimum atomic E-state index is -0.416. The maximum atomic E-state index is 13.5. The highest BCUT2D eigenvalue weighted by molar-refractivity contribution is 8.04. The third-order valence-corrected chi connectivity index (χ3v) is 5.83. The minimum absolute atomic E-state index is 0.282. The van der Waals surface area contributed by atoms with E-state index in [1.165, 1.54) is 40.9 Å². The molecule has 0 saturated carbocycles. The summed E-state index contributed by atoms with van der Waals surface area (Å²) < 4.78 is 13.5. The summed E-state index contributed by atoms with van der Waals surface area (Å²) in [7, 11) is 3.79. The molecule has 4 nitrogen and oxygen atoms in total. The first-order valence-corrected chi connectivity index (χ1v) is 10.2. The summed E-state index contributed by atoms with van der Waals surface area (Å²) in [4.78, 5) is 31.1. The fraction of sp³-hybridized carbons (Fsp3) is 0.0833. The zero-order valence-electron chi connectivity index (χ0n) is 16.5. The summed E-state index contributed by atoms with van der Waals surface area (Å²) in [6.45, 7) is 0. The maximum Gasteiger partial charge on any atom is 0.272 e. The standard InChI is InChI=1S/C24H19FN2O2S/c1-26(2)18-7-6-8-19(15-18)27-23(28)21(16-11-13-17(25)14-12-16)22(24(27)29)30-20-9-4-3-5-10-20/h3-15H,1-2H3. The van der Waals surface area contributed by atoms with Gasteiger partial charge in [-0.3, -0.25) is 9.59 Å². The van der Waals surface area contributed by atoms with Crippen molar-refractivity contribution in [1.29, 1.82) is 0 Å². The number of carbonyl (C=O) groups is 2. The monoisotopic (exact) mass is 418 g/mol. The molecule has 3 aromatic rings. The Hall–Kier alpha value is -3.38. The predicted octanol–water partition coefficient (Wildman–Crippen LogP) is 4.97. The second-order valence-corrected chi connectivity index (χ2v) is 8.07. The van der Waals surface area contributed by atoms with Gasteiger partial charge in [-0.05, 0) is 48.0 Å². The molecule has 0 atom stereocenters. The molecule has 0 aromatic heterocycles. The number of nitrogens with zero attached hydrogens (tertiary/aromatic N) is 2. The molecule has 1 aliphatic heterocycles. The summed E-state index contributed by atoms with van der Waals surface area (Å²) in [6.07, 6.45) is 0. The van der Waals surface area contributed by atoms with Crippen LogP contribution in [0, 0.1) is 5.82 Å². The van der Waals surface area contributed by atoms with Gasteiger partial charge in [0.15, 0.2) is 0 Å². The van der Waals surface area contributed by atoms with E-state index in [9.17, 15) is 14.0 Å². The summed E-state index contributed by atoms with van der Waals surface area (Å²) in [5.41, 5.74) is 2.17. The molecular weight excluding hydrogens is 399 g/mol. The topological polar surface area (TPSA) is 40.6 Å². The van der Waals surface area contributed by atoms with Crippen LogP contribution in [0.1, 0.15) is 5.56 Å². The van der Waals surface area contributed by atoms with Gasteiger partial charge in [0.2, 0.25) is 0 Å². The van der Waals surface area contributed by atoms with Gasteiger partial charge in [0.05, 0.1) is 16.2 Å². The second kappa shape index (κ2) is 8.16. The van der Waals surface area contributed by atoms with E-state index in [0.29, 0.717) is 16.2 Å². The van der Waals surface area contributed by atoms with Crippen molar-refractivity contribution in [1.82, 2.24) is 0 Å². The number of carbonyl (C=O) groups excluding carboxylic acids is 2. The summed E-state index contributed by atoms with van der Waals surface area (Å²) >= 11 is 1.24. The Morgan fingerprint density at radius 2 is 1.53 bits per heavy atom. The molecule has 1 heterocycles. The Labute approximate surface area is 178 Å². The first-order valence-electron chi connectivity index (χ1n) is 9.35. The van der Waals surface area contributed by atoms with E-state index in [-0.39, 0.29) is 11.5 Å². The lowest BCUT2D eigenvalue weighted by atomic mass is 10.1. The Morgan fingerprint density at radius 1 is 0.833 bits per heavy atom. The third-order valence-electron chi connectivity index (χ3n) is 4.74. The van der Waals surface area contributed by atoms with Crippen molar-refractivity contribution in [2.75, 3.05) is 23.9 Å². The highest BCUT2D eigenvalue weighted by Gasteiger charge is 2.40. The zero-order chi connectivity index (χ0) is 21.3. The molecule has 0 saturated heterocycles. The second-order valence-electron chi connectivity index (χ2n) is 6.99. The van der Waals surface area contributed by atoms with Crippen molar-refractivity contribution >= 4 is 40.5 Å². The average Bonchev–Trinajstić information content (AvgIpc) is 2.99. The van der Waals surface area contributed by atoms with Gasteiger partial charge in [-0.2, -0.15) is 0 Å².